The molecule has 0 fully saturated rings. The molecule has 5 nitrogen and oxygen atoms in total. The molecule has 1 atom stereocenters. The van der Waals surface area contributed by atoms with Gasteiger partial charge in [0.15, 0.2) is 0 Å². The maximum atomic E-state index is 12.9. The van der Waals surface area contributed by atoms with Crippen LogP contribution in [0.2, 0.25) is 5.02 Å². The standard InChI is InChI=1S/C18H17BrClN3O2/c1-10(2)16-21-15-8-7-13(20)9-14(15)18(25)23(16)22-17(24)11-3-5-12(19)6-4-11/h3-10,16,21H,1-2H3,(H,22,24). The van der Waals surface area contributed by atoms with Crippen LogP contribution in [0.15, 0.2) is 46.9 Å². The number of carbonyl (C=O) groups excluding carboxylic acids is 2. The number of hydrogen-bond acceptors (Lipinski definition) is 3. The van der Waals surface area contributed by atoms with Crippen LogP contribution in [0.25, 0.3) is 0 Å². The van der Waals surface area contributed by atoms with Crippen LogP contribution >= 0.6 is 27.5 Å². The Bertz CT molecular complexity index is 824. The second kappa shape index (κ2) is 7.06. The molecule has 1 heterocycles. The number of nitrogens with one attached hydrogen (secondary N) is 2. The molecule has 2 N–H and O–H groups in total. The molecular formula is C18H17BrClN3O2. The summed E-state index contributed by atoms with van der Waals surface area (Å²) in [6.45, 7) is 3.95. The minimum atomic E-state index is -0.361. The van der Waals surface area contributed by atoms with Gasteiger partial charge in [-0.3, -0.25) is 15.0 Å². The summed E-state index contributed by atoms with van der Waals surface area (Å²) in [5.74, 6) is -0.558. The molecule has 0 saturated carbocycles. The molecule has 0 aliphatic carbocycles. The van der Waals surface area contributed by atoms with E-state index in [1.807, 2.05) is 13.8 Å². The summed E-state index contributed by atoms with van der Waals surface area (Å²) in [7, 11) is 0. The molecule has 7 heteroatoms. The van der Waals surface area contributed by atoms with E-state index in [1.165, 1.54) is 5.01 Å². The highest BCUT2D eigenvalue weighted by molar-refractivity contribution is 9.10. The SMILES string of the molecule is CC(C)C1Nc2ccc(Cl)cc2C(=O)N1NC(=O)c1ccc(Br)cc1. The van der Waals surface area contributed by atoms with Gasteiger partial charge < -0.3 is 5.32 Å². The monoisotopic (exact) mass is 421 g/mol. The van der Waals surface area contributed by atoms with Gasteiger partial charge in [0.2, 0.25) is 0 Å². The smallest absolute Gasteiger partial charge is 0.276 e. The van der Waals surface area contributed by atoms with E-state index in [0.29, 0.717) is 21.8 Å². The maximum absolute atomic E-state index is 12.9. The first-order valence-electron chi connectivity index (χ1n) is 7.83. The first-order valence-corrected chi connectivity index (χ1v) is 9.00. The van der Waals surface area contributed by atoms with Crippen molar-refractivity contribution in [3.63, 3.8) is 0 Å². The number of amides is 2. The number of anilines is 1. The molecule has 3 rings (SSSR count). The Labute approximate surface area is 159 Å². The van der Waals surface area contributed by atoms with E-state index in [4.69, 9.17) is 11.6 Å². The highest BCUT2D eigenvalue weighted by Gasteiger charge is 2.35. The molecule has 1 aliphatic rings. The van der Waals surface area contributed by atoms with Crippen LogP contribution in [0, 0.1) is 5.92 Å². The van der Waals surface area contributed by atoms with Gasteiger partial charge in [-0.2, -0.15) is 0 Å². The van der Waals surface area contributed by atoms with Gasteiger partial charge in [0.05, 0.1) is 5.56 Å². The van der Waals surface area contributed by atoms with Gasteiger partial charge in [0.1, 0.15) is 6.17 Å². The summed E-state index contributed by atoms with van der Waals surface area (Å²) in [6.07, 6.45) is -0.361. The summed E-state index contributed by atoms with van der Waals surface area (Å²) < 4.78 is 0.878. The molecule has 1 unspecified atom stereocenters. The Morgan fingerprint density at radius 2 is 1.92 bits per heavy atom. The van der Waals surface area contributed by atoms with Crippen LogP contribution in [0.3, 0.4) is 0 Å². The molecule has 2 amide bonds. The lowest BCUT2D eigenvalue weighted by atomic mass is 10.0. The first-order chi connectivity index (χ1) is 11.9. The number of benzene rings is 2. The molecule has 0 radical (unpaired) electrons. The van der Waals surface area contributed by atoms with Crippen molar-refractivity contribution in [2.45, 2.75) is 20.0 Å². The normalized spacial score (nSPS) is 16.4. The Morgan fingerprint density at radius 3 is 2.56 bits per heavy atom. The van der Waals surface area contributed by atoms with Gasteiger partial charge in [0, 0.05) is 20.7 Å². The summed E-state index contributed by atoms with van der Waals surface area (Å²) in [6, 6.07) is 12.0. The van der Waals surface area contributed by atoms with E-state index >= 15 is 0 Å². The lowest BCUT2D eigenvalue weighted by Crippen LogP contribution is -2.59. The van der Waals surface area contributed by atoms with Gasteiger partial charge in [-0.25, -0.2) is 5.01 Å². The second-order valence-electron chi connectivity index (χ2n) is 6.15. The zero-order valence-corrected chi connectivity index (χ0v) is 16.1. The highest BCUT2D eigenvalue weighted by atomic mass is 79.9. The minimum absolute atomic E-state index is 0.0815. The third-order valence-electron chi connectivity index (χ3n) is 3.97. The average Bonchev–Trinajstić information content (AvgIpc) is 2.58. The van der Waals surface area contributed by atoms with E-state index in [0.717, 1.165) is 4.47 Å². The Kier molecular flexibility index (Phi) is 5.01. The molecule has 25 heavy (non-hydrogen) atoms. The topological polar surface area (TPSA) is 61.4 Å². The predicted molar refractivity (Wildman–Crippen MR) is 101 cm³/mol. The lowest BCUT2D eigenvalue weighted by molar-refractivity contribution is 0.0439. The van der Waals surface area contributed by atoms with Crippen LogP contribution in [0.1, 0.15) is 34.6 Å². The zero-order chi connectivity index (χ0) is 18.1. The molecule has 2 aromatic carbocycles. The Balaban J connectivity index is 1.91. The van der Waals surface area contributed by atoms with E-state index in [-0.39, 0.29) is 23.9 Å². The lowest BCUT2D eigenvalue weighted by Gasteiger charge is -2.39. The quantitative estimate of drug-likeness (QED) is 0.775. The van der Waals surface area contributed by atoms with Gasteiger partial charge in [-0.1, -0.05) is 41.4 Å². The van der Waals surface area contributed by atoms with Crippen LogP contribution in [-0.2, 0) is 0 Å². The van der Waals surface area contributed by atoms with Crippen molar-refractivity contribution in [1.82, 2.24) is 10.4 Å². The number of hydrazine groups is 1. The number of fused-ring (bicyclic) bond motifs is 1. The molecular weight excluding hydrogens is 406 g/mol. The van der Waals surface area contributed by atoms with E-state index < -0.39 is 0 Å². The maximum Gasteiger partial charge on any atom is 0.276 e. The van der Waals surface area contributed by atoms with Crippen LogP contribution in [0.4, 0.5) is 5.69 Å². The van der Waals surface area contributed by atoms with E-state index in [9.17, 15) is 9.59 Å². The Hall–Kier alpha value is -2.05. The largest absolute Gasteiger partial charge is 0.363 e. The van der Waals surface area contributed by atoms with E-state index in [2.05, 4.69) is 26.7 Å². The number of carbonyl (C=O) groups is 2. The summed E-state index contributed by atoms with van der Waals surface area (Å²) >= 11 is 9.35. The fourth-order valence-electron chi connectivity index (χ4n) is 2.66. The molecule has 0 spiro atoms. The number of rotatable bonds is 3. The van der Waals surface area contributed by atoms with Crippen LogP contribution < -0.4 is 10.7 Å². The van der Waals surface area contributed by atoms with Gasteiger partial charge in [-0.15, -0.1) is 0 Å². The van der Waals surface area contributed by atoms with E-state index in [1.54, 1.807) is 42.5 Å². The summed E-state index contributed by atoms with van der Waals surface area (Å²) in [5.41, 5.74) is 4.33. The van der Waals surface area contributed by atoms with Crippen molar-refractivity contribution in [3.05, 3.63) is 63.1 Å². The number of nitrogens with zero attached hydrogens (tertiary/aromatic N) is 1. The summed E-state index contributed by atoms with van der Waals surface area (Å²) in [4.78, 5) is 25.5. The van der Waals surface area contributed by atoms with Crippen molar-refractivity contribution >= 4 is 45.0 Å². The predicted octanol–water partition coefficient (Wildman–Crippen LogP) is 4.30. The number of hydrogen-bond donors (Lipinski definition) is 2. The third kappa shape index (κ3) is 3.65. The molecule has 130 valence electrons. The van der Waals surface area contributed by atoms with Crippen molar-refractivity contribution in [2.75, 3.05) is 5.32 Å². The molecule has 0 aromatic heterocycles. The van der Waals surface area contributed by atoms with Gasteiger partial charge >= 0.3 is 0 Å². The van der Waals surface area contributed by atoms with Crippen LogP contribution in [0.5, 0.6) is 0 Å². The average molecular weight is 423 g/mol. The third-order valence-corrected chi connectivity index (χ3v) is 4.74. The van der Waals surface area contributed by atoms with Crippen LogP contribution in [-0.4, -0.2) is 23.0 Å². The highest BCUT2D eigenvalue weighted by Crippen LogP contribution is 2.29. The van der Waals surface area contributed by atoms with Gasteiger partial charge in [-0.05, 0) is 48.4 Å². The fraction of sp³-hybridized carbons (Fsp3) is 0.222. The minimum Gasteiger partial charge on any atom is -0.363 e. The molecule has 0 saturated heterocycles. The van der Waals surface area contributed by atoms with Gasteiger partial charge in [0.25, 0.3) is 11.8 Å². The first kappa shape index (κ1) is 17.8. The molecule has 1 aliphatic heterocycles. The Morgan fingerprint density at radius 1 is 1.24 bits per heavy atom. The summed E-state index contributed by atoms with van der Waals surface area (Å²) in [5, 5.41) is 5.10. The number of halogens is 2. The van der Waals surface area contributed by atoms with Crippen molar-refractivity contribution in [2.24, 2.45) is 5.92 Å². The zero-order valence-electron chi connectivity index (χ0n) is 13.7. The molecule has 2 aromatic rings. The van der Waals surface area contributed by atoms with Crippen molar-refractivity contribution in [1.29, 1.82) is 0 Å². The van der Waals surface area contributed by atoms with Crippen molar-refractivity contribution < 1.29 is 9.59 Å². The fourth-order valence-corrected chi connectivity index (χ4v) is 3.10. The molecule has 0 bridgehead atoms. The van der Waals surface area contributed by atoms with Crippen molar-refractivity contribution in [3.8, 4) is 0 Å². The second-order valence-corrected chi connectivity index (χ2v) is 7.50.